The second kappa shape index (κ2) is 8.94. The predicted octanol–water partition coefficient (Wildman–Crippen LogP) is 3.40. The maximum atomic E-state index is 13.4. The Morgan fingerprint density at radius 1 is 1.15 bits per heavy atom. The maximum absolute atomic E-state index is 13.4. The van der Waals surface area contributed by atoms with Gasteiger partial charge in [0.15, 0.2) is 0 Å². The summed E-state index contributed by atoms with van der Waals surface area (Å²) in [5, 5.41) is 19.0. The molecule has 1 saturated carbocycles. The van der Waals surface area contributed by atoms with Crippen LogP contribution in [0, 0.1) is 17.7 Å². The zero-order chi connectivity index (χ0) is 19.2. The van der Waals surface area contributed by atoms with E-state index >= 15 is 0 Å². The molecule has 1 aromatic carbocycles. The minimum atomic E-state index is -0.336. The molecule has 0 saturated heterocycles. The van der Waals surface area contributed by atoms with Gasteiger partial charge in [0.1, 0.15) is 5.82 Å². The molecule has 0 radical (unpaired) electrons. The van der Waals surface area contributed by atoms with E-state index in [0.717, 1.165) is 13.0 Å². The first-order valence-corrected chi connectivity index (χ1v) is 9.41. The van der Waals surface area contributed by atoms with Gasteiger partial charge in [-0.1, -0.05) is 19.9 Å². The second-order valence-corrected chi connectivity index (χ2v) is 7.42. The summed E-state index contributed by atoms with van der Waals surface area (Å²) in [6, 6.07) is 5.97. The molecule has 3 rings (SSSR count). The van der Waals surface area contributed by atoms with Crippen LogP contribution < -0.4 is 16.0 Å². The van der Waals surface area contributed by atoms with Crippen LogP contribution in [0.1, 0.15) is 33.1 Å². The van der Waals surface area contributed by atoms with E-state index in [1.807, 2.05) is 0 Å². The predicted molar refractivity (Wildman–Crippen MR) is 105 cm³/mol. The largest absolute Gasteiger partial charge is 0.394 e. The van der Waals surface area contributed by atoms with Gasteiger partial charge in [0.25, 0.3) is 0 Å². The molecule has 0 aliphatic heterocycles. The van der Waals surface area contributed by atoms with Crippen molar-refractivity contribution >= 4 is 23.5 Å². The summed E-state index contributed by atoms with van der Waals surface area (Å²) in [6.45, 7) is 4.99. The minimum absolute atomic E-state index is 0.0125. The molecule has 0 unspecified atom stereocenters. The number of aliphatic hydroxyl groups excluding tert-OH is 1. The molecule has 146 valence electrons. The number of rotatable bonds is 10. The summed E-state index contributed by atoms with van der Waals surface area (Å²) < 4.78 is 13.4. The Morgan fingerprint density at radius 2 is 1.89 bits per heavy atom. The first kappa shape index (κ1) is 19.3. The van der Waals surface area contributed by atoms with Gasteiger partial charge in [0.2, 0.25) is 17.8 Å². The molecule has 1 heterocycles. The smallest absolute Gasteiger partial charge is 0.233 e. The van der Waals surface area contributed by atoms with Crippen LogP contribution in [0.4, 0.5) is 27.9 Å². The summed E-state index contributed by atoms with van der Waals surface area (Å²) >= 11 is 0. The summed E-state index contributed by atoms with van der Waals surface area (Å²) in [4.78, 5) is 13.2. The summed E-state index contributed by atoms with van der Waals surface area (Å²) in [6.07, 6.45) is 3.23. The number of anilines is 4. The molecular weight excluding hydrogens is 347 g/mol. The standard InChI is InChI=1S/C19H27FN6O/c1-12(2)8-16(11-27)23-19-25-17(21-10-13-6-7-13)24-18(26-19)22-15-5-3-4-14(20)9-15/h3-5,9,12-13,16,27H,6-8,10-11H2,1-2H3,(H3,21,22,23,24,25,26)/t16-/m1/s1. The van der Waals surface area contributed by atoms with Crippen molar-refractivity contribution in [3.05, 3.63) is 30.1 Å². The third-order valence-electron chi connectivity index (χ3n) is 4.27. The topological polar surface area (TPSA) is 95.0 Å². The number of nitrogens with zero attached hydrogens (tertiary/aromatic N) is 3. The van der Waals surface area contributed by atoms with Gasteiger partial charge in [-0.15, -0.1) is 0 Å². The molecule has 4 N–H and O–H groups in total. The van der Waals surface area contributed by atoms with Crippen LogP contribution in [0.2, 0.25) is 0 Å². The van der Waals surface area contributed by atoms with E-state index in [2.05, 4.69) is 44.7 Å². The van der Waals surface area contributed by atoms with E-state index in [1.54, 1.807) is 12.1 Å². The number of hydrogen-bond donors (Lipinski definition) is 4. The molecular formula is C19H27FN6O. The van der Waals surface area contributed by atoms with E-state index in [0.29, 0.717) is 35.4 Å². The van der Waals surface area contributed by atoms with Gasteiger partial charge in [-0.25, -0.2) is 4.39 Å². The Morgan fingerprint density at radius 3 is 2.56 bits per heavy atom. The molecule has 8 heteroatoms. The lowest BCUT2D eigenvalue weighted by Gasteiger charge is -2.19. The first-order chi connectivity index (χ1) is 13.0. The highest BCUT2D eigenvalue weighted by molar-refractivity contribution is 5.55. The van der Waals surface area contributed by atoms with Crippen molar-refractivity contribution in [2.24, 2.45) is 11.8 Å². The lowest BCUT2D eigenvalue weighted by molar-refractivity contribution is 0.259. The number of halogens is 1. The molecule has 7 nitrogen and oxygen atoms in total. The van der Waals surface area contributed by atoms with Crippen molar-refractivity contribution in [2.75, 3.05) is 29.1 Å². The highest BCUT2D eigenvalue weighted by Gasteiger charge is 2.21. The van der Waals surface area contributed by atoms with Crippen molar-refractivity contribution in [1.82, 2.24) is 15.0 Å². The molecule has 1 fully saturated rings. The molecule has 1 aliphatic carbocycles. The molecule has 27 heavy (non-hydrogen) atoms. The van der Waals surface area contributed by atoms with Gasteiger partial charge in [-0.05, 0) is 49.3 Å². The zero-order valence-electron chi connectivity index (χ0n) is 15.7. The molecule has 2 aromatic rings. The molecule has 0 spiro atoms. The van der Waals surface area contributed by atoms with E-state index in [9.17, 15) is 9.50 Å². The Hall–Kier alpha value is -2.48. The normalized spacial score (nSPS) is 14.9. The number of benzene rings is 1. The van der Waals surface area contributed by atoms with Crippen molar-refractivity contribution in [2.45, 2.75) is 39.2 Å². The third-order valence-corrected chi connectivity index (χ3v) is 4.27. The molecule has 0 amide bonds. The second-order valence-electron chi connectivity index (χ2n) is 7.42. The lowest BCUT2D eigenvalue weighted by Crippen LogP contribution is -2.27. The van der Waals surface area contributed by atoms with Crippen LogP contribution in [-0.4, -0.2) is 39.3 Å². The van der Waals surface area contributed by atoms with Gasteiger partial charge in [0.05, 0.1) is 12.6 Å². The van der Waals surface area contributed by atoms with Gasteiger partial charge in [-0.2, -0.15) is 15.0 Å². The number of aliphatic hydroxyl groups is 1. The van der Waals surface area contributed by atoms with Crippen LogP contribution in [0.5, 0.6) is 0 Å². The van der Waals surface area contributed by atoms with E-state index in [-0.39, 0.29) is 18.5 Å². The van der Waals surface area contributed by atoms with Crippen molar-refractivity contribution in [3.8, 4) is 0 Å². The first-order valence-electron chi connectivity index (χ1n) is 9.41. The molecule has 1 atom stereocenters. The van der Waals surface area contributed by atoms with E-state index in [1.165, 1.54) is 25.0 Å². The van der Waals surface area contributed by atoms with Crippen LogP contribution in [-0.2, 0) is 0 Å². The fourth-order valence-corrected chi connectivity index (χ4v) is 2.76. The summed E-state index contributed by atoms with van der Waals surface area (Å²) in [7, 11) is 0. The van der Waals surface area contributed by atoms with Crippen LogP contribution >= 0.6 is 0 Å². The molecule has 1 aliphatic rings. The van der Waals surface area contributed by atoms with Gasteiger partial charge >= 0.3 is 0 Å². The Labute approximate surface area is 158 Å². The minimum Gasteiger partial charge on any atom is -0.394 e. The van der Waals surface area contributed by atoms with Gasteiger partial charge < -0.3 is 21.1 Å². The lowest BCUT2D eigenvalue weighted by atomic mass is 10.0. The van der Waals surface area contributed by atoms with Gasteiger partial charge in [0, 0.05) is 12.2 Å². The Bertz CT molecular complexity index is 753. The van der Waals surface area contributed by atoms with Crippen LogP contribution in [0.25, 0.3) is 0 Å². The highest BCUT2D eigenvalue weighted by Crippen LogP contribution is 2.28. The van der Waals surface area contributed by atoms with Crippen LogP contribution in [0.3, 0.4) is 0 Å². The highest BCUT2D eigenvalue weighted by atomic mass is 19.1. The average Bonchev–Trinajstić information content (AvgIpc) is 3.43. The summed E-state index contributed by atoms with van der Waals surface area (Å²) in [5.74, 6) is 1.91. The van der Waals surface area contributed by atoms with Gasteiger partial charge in [-0.3, -0.25) is 0 Å². The third kappa shape index (κ3) is 6.32. The average molecular weight is 374 g/mol. The number of aromatic nitrogens is 3. The van der Waals surface area contributed by atoms with E-state index < -0.39 is 0 Å². The van der Waals surface area contributed by atoms with Crippen molar-refractivity contribution < 1.29 is 9.50 Å². The number of nitrogens with one attached hydrogen (secondary N) is 3. The van der Waals surface area contributed by atoms with Crippen molar-refractivity contribution in [1.29, 1.82) is 0 Å². The monoisotopic (exact) mass is 374 g/mol. The molecule has 0 bridgehead atoms. The maximum Gasteiger partial charge on any atom is 0.233 e. The number of hydrogen-bond acceptors (Lipinski definition) is 7. The molecule has 1 aromatic heterocycles. The summed E-state index contributed by atoms with van der Waals surface area (Å²) in [5.41, 5.74) is 0.557. The Kier molecular flexibility index (Phi) is 6.39. The van der Waals surface area contributed by atoms with Crippen LogP contribution in [0.15, 0.2) is 24.3 Å². The Balaban J connectivity index is 1.78. The van der Waals surface area contributed by atoms with E-state index in [4.69, 9.17) is 0 Å². The van der Waals surface area contributed by atoms with Crippen molar-refractivity contribution in [3.63, 3.8) is 0 Å². The fraction of sp³-hybridized carbons (Fsp3) is 0.526. The fourth-order valence-electron chi connectivity index (χ4n) is 2.76. The zero-order valence-corrected chi connectivity index (χ0v) is 15.7. The quantitative estimate of drug-likeness (QED) is 0.506. The SMILES string of the molecule is CC(C)C[C@H](CO)Nc1nc(NCC2CC2)nc(Nc2cccc(F)c2)n1.